The molecule has 0 aliphatic carbocycles. The van der Waals surface area contributed by atoms with Crippen molar-refractivity contribution in [3.05, 3.63) is 11.8 Å². The van der Waals surface area contributed by atoms with Crippen LogP contribution in [0.15, 0.2) is 11.8 Å². The molecule has 0 aromatic carbocycles. The van der Waals surface area contributed by atoms with Gasteiger partial charge in [-0.25, -0.2) is 0 Å². The smallest absolute Gasteiger partial charge is 0.359 e. The molecule has 0 saturated carbocycles. The molecule has 0 aliphatic rings. The van der Waals surface area contributed by atoms with Gasteiger partial charge in [0.05, 0.1) is 6.54 Å². The summed E-state index contributed by atoms with van der Waals surface area (Å²) in [6, 6.07) is 0. The summed E-state index contributed by atoms with van der Waals surface area (Å²) in [6.45, 7) is 6.56. The number of carbonyl (C=O) groups excluding carboxylic acids is 2. The molecule has 23 heavy (non-hydrogen) atoms. The molecule has 0 aliphatic heterocycles. The molecular weight excluding hydrogens is 328 g/mol. The van der Waals surface area contributed by atoms with Gasteiger partial charge in [-0.15, -0.1) is 0 Å². The van der Waals surface area contributed by atoms with E-state index in [1.165, 1.54) is 19.9 Å². The predicted molar refractivity (Wildman–Crippen MR) is 82.2 cm³/mol. The lowest BCUT2D eigenvalue weighted by atomic mass is 10.1. The van der Waals surface area contributed by atoms with Gasteiger partial charge in [-0.05, 0) is 34.6 Å². The normalized spacial score (nSPS) is 14.1. The highest BCUT2D eigenvalue weighted by Crippen LogP contribution is 2.18. The van der Waals surface area contributed by atoms with Gasteiger partial charge >= 0.3 is 22.2 Å². The van der Waals surface area contributed by atoms with E-state index in [4.69, 9.17) is 10.5 Å². The Hall–Kier alpha value is -1.65. The summed E-state index contributed by atoms with van der Waals surface area (Å²) in [5.74, 6) is -3.61. The number of ether oxygens (including phenoxy) is 2. The molecule has 0 fully saturated rings. The quantitative estimate of drug-likeness (QED) is 0.291. The Labute approximate surface area is 136 Å². The molecule has 0 bridgehead atoms. The zero-order chi connectivity index (χ0) is 18.4. The number of nitrogens with zero attached hydrogens (tertiary/aromatic N) is 1. The molecule has 1 unspecified atom stereocenters. The van der Waals surface area contributed by atoms with Crippen molar-refractivity contribution in [2.75, 3.05) is 13.3 Å². The van der Waals surface area contributed by atoms with E-state index in [2.05, 4.69) is 4.74 Å². The molecule has 134 valence electrons. The van der Waals surface area contributed by atoms with Crippen LogP contribution in [-0.2, 0) is 29.4 Å². The minimum Gasteiger partial charge on any atom is -0.459 e. The van der Waals surface area contributed by atoms with Gasteiger partial charge < -0.3 is 9.47 Å². The summed E-state index contributed by atoms with van der Waals surface area (Å²) in [4.78, 5) is 24.1. The lowest BCUT2D eigenvalue weighted by molar-refractivity contribution is -0.169. The first-order valence-corrected chi connectivity index (χ1v) is 8.20. The number of hydrogen-bond acceptors (Lipinski definition) is 7. The van der Waals surface area contributed by atoms with Crippen LogP contribution in [-0.4, -0.2) is 48.1 Å². The van der Waals surface area contributed by atoms with Crippen molar-refractivity contribution < 1.29 is 32.0 Å². The number of nitrogens with two attached hydrogens (primary N) is 1. The third-order valence-electron chi connectivity index (χ3n) is 2.64. The molecule has 3 N–H and O–H groups in total. The number of allylic oxidation sites excluding steroid dienone is 2. The molecule has 0 rings (SSSR count). The van der Waals surface area contributed by atoms with Crippen LogP contribution in [0.4, 0.5) is 0 Å². The van der Waals surface area contributed by atoms with E-state index in [-0.39, 0.29) is 5.70 Å². The summed E-state index contributed by atoms with van der Waals surface area (Å²) in [6.07, 6.45) is 1.40. The maximum Gasteiger partial charge on any atom is 0.359 e. The van der Waals surface area contributed by atoms with Gasteiger partial charge in [0.1, 0.15) is 12.3 Å². The van der Waals surface area contributed by atoms with Crippen molar-refractivity contribution in [1.82, 2.24) is 4.31 Å². The first-order chi connectivity index (χ1) is 10.3. The minimum atomic E-state index is -4.68. The third-order valence-corrected chi connectivity index (χ3v) is 3.63. The van der Waals surface area contributed by atoms with Crippen molar-refractivity contribution in [3.63, 3.8) is 0 Å². The molecule has 10 heteroatoms. The first-order valence-electron chi connectivity index (χ1n) is 6.81. The van der Waals surface area contributed by atoms with Crippen LogP contribution in [0.5, 0.6) is 0 Å². The Bertz CT molecular complexity index is 563. The zero-order valence-corrected chi connectivity index (χ0v) is 14.7. The van der Waals surface area contributed by atoms with Crippen molar-refractivity contribution in [1.29, 1.82) is 0 Å². The van der Waals surface area contributed by atoms with Crippen molar-refractivity contribution in [2.45, 2.75) is 40.2 Å². The molecule has 0 heterocycles. The molecule has 0 amide bonds. The molecule has 0 spiro atoms. The Morgan fingerprint density at radius 3 is 2.17 bits per heavy atom. The second kappa shape index (κ2) is 8.27. The van der Waals surface area contributed by atoms with Crippen molar-refractivity contribution in [3.8, 4) is 0 Å². The zero-order valence-electron chi connectivity index (χ0n) is 13.9. The highest BCUT2D eigenvalue weighted by atomic mass is 32.2. The number of carbonyl (C=O) groups is 2. The van der Waals surface area contributed by atoms with Crippen LogP contribution in [0.1, 0.15) is 34.6 Å². The summed E-state index contributed by atoms with van der Waals surface area (Å²) in [7, 11) is -4.68. The van der Waals surface area contributed by atoms with E-state index >= 15 is 0 Å². The summed E-state index contributed by atoms with van der Waals surface area (Å²) in [5, 5.41) is 0. The second-order valence-corrected chi connectivity index (χ2v) is 6.99. The van der Waals surface area contributed by atoms with E-state index in [1.807, 2.05) is 0 Å². The lowest BCUT2D eigenvalue weighted by Gasteiger charge is -2.27. The van der Waals surface area contributed by atoms with Crippen LogP contribution in [0, 0.1) is 5.92 Å². The fourth-order valence-corrected chi connectivity index (χ4v) is 2.34. The fourth-order valence-electron chi connectivity index (χ4n) is 1.53. The van der Waals surface area contributed by atoms with Crippen molar-refractivity contribution >= 4 is 22.2 Å². The van der Waals surface area contributed by atoms with E-state index < -0.39 is 47.0 Å². The molecular formula is C13H24N2O7S. The standard InChI is InChI=1S/C13H24N2O7S/c1-6-9(2)15(23(18,19)20)7-10(11(16)21-8-14)12(17)22-13(3,4)5/h6,10H,7-8,14H2,1-5H3,(H,18,19,20)/b9-6-. The summed E-state index contributed by atoms with van der Waals surface area (Å²) in [5.41, 5.74) is 4.34. The average Bonchev–Trinajstić information content (AvgIpc) is 2.35. The van der Waals surface area contributed by atoms with Crippen molar-refractivity contribution in [2.24, 2.45) is 11.7 Å². The molecule has 9 nitrogen and oxygen atoms in total. The Balaban J connectivity index is 5.60. The van der Waals surface area contributed by atoms with Gasteiger partial charge in [0.2, 0.25) is 0 Å². The van der Waals surface area contributed by atoms with E-state index in [0.717, 1.165) is 0 Å². The second-order valence-electron chi connectivity index (χ2n) is 5.66. The number of hydrogen-bond donors (Lipinski definition) is 2. The summed E-state index contributed by atoms with van der Waals surface area (Å²) < 4.78 is 42.4. The Morgan fingerprint density at radius 2 is 1.83 bits per heavy atom. The maximum atomic E-state index is 12.2. The monoisotopic (exact) mass is 352 g/mol. The van der Waals surface area contributed by atoms with Gasteiger partial charge in [0.25, 0.3) is 0 Å². The Kier molecular flexibility index (Phi) is 7.68. The Morgan fingerprint density at radius 1 is 1.30 bits per heavy atom. The van der Waals surface area contributed by atoms with Gasteiger partial charge in [-0.3, -0.25) is 24.2 Å². The maximum absolute atomic E-state index is 12.2. The van der Waals surface area contributed by atoms with Gasteiger partial charge in [0, 0.05) is 5.70 Å². The lowest BCUT2D eigenvalue weighted by Crippen LogP contribution is -2.43. The van der Waals surface area contributed by atoms with Gasteiger partial charge in [-0.1, -0.05) is 6.08 Å². The molecule has 0 saturated heterocycles. The highest BCUT2D eigenvalue weighted by molar-refractivity contribution is 7.83. The van der Waals surface area contributed by atoms with Gasteiger partial charge in [-0.2, -0.15) is 8.42 Å². The summed E-state index contributed by atoms with van der Waals surface area (Å²) >= 11 is 0. The highest BCUT2D eigenvalue weighted by Gasteiger charge is 2.37. The fraction of sp³-hybridized carbons (Fsp3) is 0.692. The van der Waals surface area contributed by atoms with E-state index in [0.29, 0.717) is 4.31 Å². The van der Waals surface area contributed by atoms with Crippen LogP contribution >= 0.6 is 0 Å². The topological polar surface area (TPSA) is 136 Å². The largest absolute Gasteiger partial charge is 0.459 e. The van der Waals surface area contributed by atoms with Crippen LogP contribution in [0.3, 0.4) is 0 Å². The SMILES string of the molecule is C/C=C(/C)N(CC(C(=O)OCN)C(=O)OC(C)(C)C)S(=O)(=O)O. The number of esters is 2. The van der Waals surface area contributed by atoms with Crippen LogP contribution in [0.2, 0.25) is 0 Å². The van der Waals surface area contributed by atoms with Crippen LogP contribution < -0.4 is 5.73 Å². The molecule has 0 aromatic rings. The predicted octanol–water partition coefficient (Wildman–Crippen LogP) is 0.432. The third kappa shape index (κ3) is 7.44. The minimum absolute atomic E-state index is 0.126. The van der Waals surface area contributed by atoms with E-state index in [1.54, 1.807) is 20.8 Å². The molecule has 0 aromatic heterocycles. The molecule has 1 atom stereocenters. The first kappa shape index (κ1) is 21.4. The number of rotatable bonds is 7. The van der Waals surface area contributed by atoms with Crippen LogP contribution in [0.25, 0.3) is 0 Å². The average molecular weight is 352 g/mol. The molecule has 0 radical (unpaired) electrons. The van der Waals surface area contributed by atoms with E-state index in [9.17, 15) is 22.6 Å². The van der Waals surface area contributed by atoms with Gasteiger partial charge in [0.15, 0.2) is 5.92 Å².